The van der Waals surface area contributed by atoms with Crippen LogP contribution >= 0.6 is 0 Å². The molecule has 1 aromatic heterocycles. The number of imidazole rings is 1. The molecular formula is C14H20N2O2S. The van der Waals surface area contributed by atoms with E-state index in [9.17, 15) is 8.42 Å². The van der Waals surface area contributed by atoms with Gasteiger partial charge in [0.1, 0.15) is 0 Å². The summed E-state index contributed by atoms with van der Waals surface area (Å²) in [6, 6.07) is 4.12. The molecule has 0 aliphatic heterocycles. The fraction of sp³-hybridized carbons (Fsp3) is 0.500. The fourth-order valence-electron chi connectivity index (χ4n) is 2.14. The Morgan fingerprint density at radius 1 is 1.16 bits per heavy atom. The molecule has 0 N–H and O–H groups in total. The summed E-state index contributed by atoms with van der Waals surface area (Å²) in [5, 5.41) is 0. The third kappa shape index (κ3) is 3.15. The maximum absolute atomic E-state index is 11.7. The molecule has 0 amide bonds. The van der Waals surface area contributed by atoms with Gasteiger partial charge in [0.05, 0.1) is 23.1 Å². The third-order valence-electron chi connectivity index (χ3n) is 3.39. The number of sulfone groups is 1. The number of nitrogens with zero attached hydrogens (tertiary/aromatic N) is 2. The van der Waals surface area contributed by atoms with Crippen molar-refractivity contribution in [3.8, 4) is 0 Å². The number of rotatable bonds is 5. The van der Waals surface area contributed by atoms with Gasteiger partial charge in [-0.1, -0.05) is 6.92 Å². The van der Waals surface area contributed by atoms with Crippen molar-refractivity contribution in [1.82, 2.24) is 9.55 Å². The van der Waals surface area contributed by atoms with Crippen molar-refractivity contribution in [2.24, 2.45) is 0 Å². The van der Waals surface area contributed by atoms with Gasteiger partial charge in [-0.25, -0.2) is 13.4 Å². The second-order valence-electron chi connectivity index (χ2n) is 5.01. The maximum atomic E-state index is 11.7. The number of hydrogen-bond donors (Lipinski definition) is 0. The van der Waals surface area contributed by atoms with Crippen LogP contribution in [0, 0.1) is 13.8 Å². The first kappa shape index (κ1) is 14.1. The van der Waals surface area contributed by atoms with E-state index in [4.69, 9.17) is 0 Å². The molecule has 2 aromatic rings. The van der Waals surface area contributed by atoms with Crippen molar-refractivity contribution in [2.45, 2.75) is 33.7 Å². The lowest BCUT2D eigenvalue weighted by atomic mass is 10.1. The van der Waals surface area contributed by atoms with Crippen LogP contribution in [0.4, 0.5) is 0 Å². The number of hydrogen-bond acceptors (Lipinski definition) is 3. The Balaban J connectivity index is 2.25. The molecule has 0 unspecified atom stereocenters. The number of aryl methyl sites for hydroxylation is 3. The highest BCUT2D eigenvalue weighted by Crippen LogP contribution is 2.18. The van der Waals surface area contributed by atoms with Crippen molar-refractivity contribution in [2.75, 3.05) is 11.5 Å². The zero-order valence-electron chi connectivity index (χ0n) is 11.7. The zero-order valence-corrected chi connectivity index (χ0v) is 12.5. The van der Waals surface area contributed by atoms with E-state index in [0.717, 1.165) is 11.0 Å². The Morgan fingerprint density at radius 2 is 1.84 bits per heavy atom. The SMILES string of the molecule is CCCS(=O)(=O)CCn1cnc2cc(C)c(C)cc21. The van der Waals surface area contributed by atoms with Crippen LogP contribution in [0.5, 0.6) is 0 Å². The quantitative estimate of drug-likeness (QED) is 0.845. The number of aromatic nitrogens is 2. The van der Waals surface area contributed by atoms with E-state index in [1.807, 2.05) is 17.6 Å². The molecule has 1 heterocycles. The summed E-state index contributed by atoms with van der Waals surface area (Å²) < 4.78 is 25.4. The Kier molecular flexibility index (Phi) is 3.94. The van der Waals surface area contributed by atoms with Gasteiger partial charge in [-0.3, -0.25) is 0 Å². The summed E-state index contributed by atoms with van der Waals surface area (Å²) in [5.41, 5.74) is 4.34. The molecule has 0 aliphatic rings. The molecule has 5 heteroatoms. The van der Waals surface area contributed by atoms with Gasteiger partial charge in [0.25, 0.3) is 0 Å². The van der Waals surface area contributed by atoms with Crippen LogP contribution in [0.3, 0.4) is 0 Å². The van der Waals surface area contributed by atoms with Crippen molar-refractivity contribution >= 4 is 20.9 Å². The third-order valence-corrected chi connectivity index (χ3v) is 5.23. The molecule has 0 bridgehead atoms. The van der Waals surface area contributed by atoms with Crippen molar-refractivity contribution < 1.29 is 8.42 Å². The monoisotopic (exact) mass is 280 g/mol. The van der Waals surface area contributed by atoms with Crippen LogP contribution in [0.1, 0.15) is 24.5 Å². The summed E-state index contributed by atoms with van der Waals surface area (Å²) in [5.74, 6) is 0.441. The second-order valence-corrected chi connectivity index (χ2v) is 7.32. The molecule has 2 rings (SSSR count). The molecule has 19 heavy (non-hydrogen) atoms. The van der Waals surface area contributed by atoms with Crippen LogP contribution in [-0.2, 0) is 16.4 Å². The molecule has 0 spiro atoms. The van der Waals surface area contributed by atoms with Gasteiger partial charge in [0.2, 0.25) is 0 Å². The van der Waals surface area contributed by atoms with Gasteiger partial charge < -0.3 is 4.57 Å². The van der Waals surface area contributed by atoms with Crippen molar-refractivity contribution in [1.29, 1.82) is 0 Å². The molecule has 104 valence electrons. The minimum atomic E-state index is -2.94. The van der Waals surface area contributed by atoms with E-state index < -0.39 is 9.84 Å². The molecule has 4 nitrogen and oxygen atoms in total. The summed E-state index contributed by atoms with van der Waals surface area (Å²) >= 11 is 0. The predicted octanol–water partition coefficient (Wildman–Crippen LogP) is 2.48. The normalized spacial score (nSPS) is 12.2. The summed E-state index contributed by atoms with van der Waals surface area (Å²) in [7, 11) is -2.94. The van der Waals surface area contributed by atoms with E-state index in [2.05, 4.69) is 24.9 Å². The van der Waals surface area contributed by atoms with Gasteiger partial charge in [-0.05, 0) is 43.5 Å². The van der Waals surface area contributed by atoms with E-state index in [0.29, 0.717) is 13.0 Å². The Hall–Kier alpha value is -1.36. The zero-order chi connectivity index (χ0) is 14.0. The highest BCUT2D eigenvalue weighted by Gasteiger charge is 2.11. The first-order chi connectivity index (χ1) is 8.93. The lowest BCUT2D eigenvalue weighted by Crippen LogP contribution is -2.15. The van der Waals surface area contributed by atoms with Gasteiger partial charge in [0, 0.05) is 12.3 Å². The van der Waals surface area contributed by atoms with Crippen LogP contribution < -0.4 is 0 Å². The lowest BCUT2D eigenvalue weighted by molar-refractivity contribution is 0.588. The molecule has 0 radical (unpaired) electrons. The maximum Gasteiger partial charge on any atom is 0.152 e. The number of benzene rings is 1. The molecule has 1 aromatic carbocycles. The second kappa shape index (κ2) is 5.33. The standard InChI is InChI=1S/C14H20N2O2S/c1-4-6-19(17,18)7-5-16-10-15-13-8-11(2)12(3)9-14(13)16/h8-10H,4-7H2,1-3H3. The average Bonchev–Trinajstić information content (AvgIpc) is 2.70. The Morgan fingerprint density at radius 3 is 2.53 bits per heavy atom. The smallest absolute Gasteiger partial charge is 0.152 e. The van der Waals surface area contributed by atoms with Gasteiger partial charge in [-0.15, -0.1) is 0 Å². The summed E-state index contributed by atoms with van der Waals surface area (Å²) in [6.07, 6.45) is 2.40. The first-order valence-corrected chi connectivity index (χ1v) is 8.37. The van der Waals surface area contributed by atoms with Crippen LogP contribution in [0.15, 0.2) is 18.5 Å². The van der Waals surface area contributed by atoms with Crippen LogP contribution in [-0.4, -0.2) is 29.5 Å². The Labute approximate surface area is 114 Å². The Bertz CT molecular complexity index is 687. The number of fused-ring (bicyclic) bond motifs is 1. The van der Waals surface area contributed by atoms with Crippen molar-refractivity contribution in [3.05, 3.63) is 29.6 Å². The van der Waals surface area contributed by atoms with Gasteiger partial charge in [0.15, 0.2) is 9.84 Å². The average molecular weight is 280 g/mol. The van der Waals surface area contributed by atoms with E-state index >= 15 is 0 Å². The predicted molar refractivity (Wildman–Crippen MR) is 78.2 cm³/mol. The van der Waals surface area contributed by atoms with E-state index in [-0.39, 0.29) is 11.5 Å². The van der Waals surface area contributed by atoms with Crippen LogP contribution in [0.2, 0.25) is 0 Å². The topological polar surface area (TPSA) is 52.0 Å². The lowest BCUT2D eigenvalue weighted by Gasteiger charge is -2.06. The summed E-state index contributed by atoms with van der Waals surface area (Å²) in [6.45, 7) is 6.47. The molecule has 0 aliphatic carbocycles. The van der Waals surface area contributed by atoms with Crippen LogP contribution in [0.25, 0.3) is 11.0 Å². The van der Waals surface area contributed by atoms with Gasteiger partial charge in [-0.2, -0.15) is 0 Å². The van der Waals surface area contributed by atoms with E-state index in [1.54, 1.807) is 6.33 Å². The van der Waals surface area contributed by atoms with Gasteiger partial charge >= 0.3 is 0 Å². The first-order valence-electron chi connectivity index (χ1n) is 6.55. The van der Waals surface area contributed by atoms with E-state index in [1.165, 1.54) is 11.1 Å². The highest BCUT2D eigenvalue weighted by atomic mass is 32.2. The largest absolute Gasteiger partial charge is 0.330 e. The van der Waals surface area contributed by atoms with Crippen molar-refractivity contribution in [3.63, 3.8) is 0 Å². The molecule has 0 atom stereocenters. The highest BCUT2D eigenvalue weighted by molar-refractivity contribution is 7.91. The molecule has 0 saturated heterocycles. The summed E-state index contributed by atoms with van der Waals surface area (Å²) in [4.78, 5) is 4.34. The molecule has 0 saturated carbocycles. The molecular weight excluding hydrogens is 260 g/mol. The minimum Gasteiger partial charge on any atom is -0.330 e. The molecule has 0 fully saturated rings. The minimum absolute atomic E-state index is 0.180. The fourth-order valence-corrected chi connectivity index (χ4v) is 3.44.